The summed E-state index contributed by atoms with van der Waals surface area (Å²) < 4.78 is 5.51. The van der Waals surface area contributed by atoms with Gasteiger partial charge < -0.3 is 14.8 Å². The first-order valence-corrected chi connectivity index (χ1v) is 7.36. The van der Waals surface area contributed by atoms with E-state index in [1.165, 1.54) is 0 Å². The fraction of sp³-hybridized carbons (Fsp3) is 0.500. The van der Waals surface area contributed by atoms with Crippen LogP contribution in [0.2, 0.25) is 5.22 Å². The van der Waals surface area contributed by atoms with Crippen LogP contribution in [0.4, 0.5) is 0 Å². The molecule has 4 heteroatoms. The van der Waals surface area contributed by atoms with Gasteiger partial charge in [0.25, 0.3) is 0 Å². The molecule has 0 saturated carbocycles. The van der Waals surface area contributed by atoms with Crippen LogP contribution in [-0.2, 0) is 6.54 Å². The van der Waals surface area contributed by atoms with Crippen molar-refractivity contribution in [1.82, 2.24) is 5.32 Å². The maximum atomic E-state index is 10.3. The van der Waals surface area contributed by atoms with Crippen molar-refractivity contribution in [3.05, 3.63) is 35.0 Å². The van der Waals surface area contributed by atoms with Gasteiger partial charge in [-0.05, 0) is 36.9 Å². The van der Waals surface area contributed by atoms with Crippen LogP contribution in [0.25, 0.3) is 11.0 Å². The smallest absolute Gasteiger partial charge is 0.199 e. The second kappa shape index (κ2) is 6.17. The minimum absolute atomic E-state index is 0.419. The molecule has 0 aliphatic carbocycles. The molecule has 2 N–H and O–H groups in total. The third kappa shape index (κ3) is 3.75. The third-order valence-corrected chi connectivity index (χ3v) is 3.61. The summed E-state index contributed by atoms with van der Waals surface area (Å²) >= 11 is 6.13. The maximum Gasteiger partial charge on any atom is 0.199 e. The summed E-state index contributed by atoms with van der Waals surface area (Å²) in [5, 5.41) is 15.0. The van der Waals surface area contributed by atoms with Crippen LogP contribution >= 0.6 is 11.6 Å². The summed E-state index contributed by atoms with van der Waals surface area (Å²) in [5.41, 5.74) is 1.03. The van der Waals surface area contributed by atoms with E-state index in [0.717, 1.165) is 23.0 Å². The van der Waals surface area contributed by atoms with Crippen molar-refractivity contribution >= 4 is 22.6 Å². The van der Waals surface area contributed by atoms with E-state index in [-0.39, 0.29) is 0 Å². The first-order valence-electron chi connectivity index (χ1n) is 6.98. The molecule has 1 heterocycles. The van der Waals surface area contributed by atoms with Gasteiger partial charge >= 0.3 is 0 Å². The van der Waals surface area contributed by atoms with Gasteiger partial charge in [0.05, 0.1) is 5.60 Å². The molecule has 3 nitrogen and oxygen atoms in total. The highest BCUT2D eigenvalue weighted by Gasteiger charge is 2.21. The number of rotatable bonds is 6. The van der Waals surface area contributed by atoms with Crippen molar-refractivity contribution in [2.45, 2.75) is 39.3 Å². The number of nitrogens with one attached hydrogen (secondary N) is 1. The number of halogens is 1. The van der Waals surface area contributed by atoms with Crippen molar-refractivity contribution in [2.75, 3.05) is 6.54 Å². The second-order valence-corrected chi connectivity index (χ2v) is 6.39. The number of furan rings is 1. The van der Waals surface area contributed by atoms with E-state index in [1.54, 1.807) is 0 Å². The molecule has 1 atom stereocenters. The van der Waals surface area contributed by atoms with Crippen LogP contribution in [0.1, 0.15) is 32.8 Å². The molecule has 0 amide bonds. The molecule has 20 heavy (non-hydrogen) atoms. The standard InChI is InChI=1S/C16H22ClNO2/c1-11(2)8-16(3,19)10-18-9-13-12-6-4-5-7-14(12)20-15(13)17/h4-7,11,18-19H,8-10H2,1-3H3. The summed E-state index contributed by atoms with van der Waals surface area (Å²) in [4.78, 5) is 0. The molecule has 1 unspecified atom stereocenters. The monoisotopic (exact) mass is 295 g/mol. The van der Waals surface area contributed by atoms with E-state index in [0.29, 0.717) is 24.2 Å². The van der Waals surface area contributed by atoms with Gasteiger partial charge in [0.1, 0.15) is 5.58 Å². The lowest BCUT2D eigenvalue weighted by atomic mass is 9.94. The Bertz CT molecular complexity index is 575. The zero-order valence-electron chi connectivity index (χ0n) is 12.2. The Morgan fingerprint density at radius 2 is 2.05 bits per heavy atom. The van der Waals surface area contributed by atoms with Crippen LogP contribution in [0, 0.1) is 5.92 Å². The van der Waals surface area contributed by atoms with E-state index < -0.39 is 5.60 Å². The summed E-state index contributed by atoms with van der Waals surface area (Å²) in [6, 6.07) is 7.78. The molecule has 1 aromatic heterocycles. The second-order valence-electron chi connectivity index (χ2n) is 6.05. The largest absolute Gasteiger partial charge is 0.444 e. The number of para-hydroxylation sites is 1. The van der Waals surface area contributed by atoms with Gasteiger partial charge in [-0.3, -0.25) is 0 Å². The Morgan fingerprint density at radius 3 is 2.75 bits per heavy atom. The summed E-state index contributed by atoms with van der Waals surface area (Å²) in [6.07, 6.45) is 0.764. The number of aliphatic hydroxyl groups is 1. The normalized spacial score (nSPS) is 14.9. The van der Waals surface area contributed by atoms with Crippen LogP contribution in [0.5, 0.6) is 0 Å². The molecule has 0 fully saturated rings. The van der Waals surface area contributed by atoms with Gasteiger partial charge in [0.15, 0.2) is 5.22 Å². The van der Waals surface area contributed by atoms with E-state index >= 15 is 0 Å². The first kappa shape index (κ1) is 15.4. The Labute approximate surface area is 124 Å². The number of hydrogen-bond donors (Lipinski definition) is 2. The molecular weight excluding hydrogens is 274 g/mol. The molecule has 0 spiro atoms. The van der Waals surface area contributed by atoms with Gasteiger partial charge in [-0.15, -0.1) is 0 Å². The molecule has 110 valence electrons. The predicted molar refractivity (Wildman–Crippen MR) is 83.0 cm³/mol. The molecule has 0 bridgehead atoms. The van der Waals surface area contributed by atoms with Crippen LogP contribution in [0.15, 0.2) is 28.7 Å². The zero-order chi connectivity index (χ0) is 14.8. The minimum Gasteiger partial charge on any atom is -0.444 e. The molecule has 1 aromatic carbocycles. The Morgan fingerprint density at radius 1 is 1.35 bits per heavy atom. The maximum absolute atomic E-state index is 10.3. The van der Waals surface area contributed by atoms with Crippen molar-refractivity contribution in [2.24, 2.45) is 5.92 Å². The van der Waals surface area contributed by atoms with Crippen molar-refractivity contribution in [1.29, 1.82) is 0 Å². The van der Waals surface area contributed by atoms with E-state index in [2.05, 4.69) is 19.2 Å². The van der Waals surface area contributed by atoms with Crippen molar-refractivity contribution in [3.8, 4) is 0 Å². The van der Waals surface area contributed by atoms with Gasteiger partial charge in [0.2, 0.25) is 0 Å². The Kier molecular flexibility index (Phi) is 4.74. The number of hydrogen-bond acceptors (Lipinski definition) is 3. The van der Waals surface area contributed by atoms with Crippen LogP contribution in [0.3, 0.4) is 0 Å². The van der Waals surface area contributed by atoms with E-state index in [4.69, 9.17) is 16.0 Å². The SMILES string of the molecule is CC(C)CC(C)(O)CNCc1c(Cl)oc2ccccc12. The predicted octanol–water partition coefficient (Wildman–Crippen LogP) is 3.97. The van der Waals surface area contributed by atoms with Gasteiger partial charge in [0, 0.05) is 24.0 Å². The summed E-state index contributed by atoms with van der Waals surface area (Å²) in [6.45, 7) is 7.18. The average molecular weight is 296 g/mol. The van der Waals surface area contributed by atoms with Crippen molar-refractivity contribution in [3.63, 3.8) is 0 Å². The summed E-state index contributed by atoms with van der Waals surface area (Å²) in [7, 11) is 0. The first-order chi connectivity index (χ1) is 9.39. The Hall–Kier alpha value is -1.03. The highest BCUT2D eigenvalue weighted by molar-refractivity contribution is 6.30. The fourth-order valence-electron chi connectivity index (χ4n) is 2.64. The molecule has 0 radical (unpaired) electrons. The fourth-order valence-corrected chi connectivity index (χ4v) is 2.89. The lowest BCUT2D eigenvalue weighted by molar-refractivity contribution is 0.0383. The molecule has 2 rings (SSSR count). The average Bonchev–Trinajstić information content (AvgIpc) is 2.64. The number of benzene rings is 1. The minimum atomic E-state index is -0.708. The highest BCUT2D eigenvalue weighted by Crippen LogP contribution is 2.29. The Balaban J connectivity index is 2.01. The zero-order valence-corrected chi connectivity index (χ0v) is 13.0. The topological polar surface area (TPSA) is 45.4 Å². The highest BCUT2D eigenvalue weighted by atomic mass is 35.5. The molecular formula is C16H22ClNO2. The molecule has 0 saturated heterocycles. The van der Waals surface area contributed by atoms with Gasteiger partial charge in [-0.1, -0.05) is 32.0 Å². The van der Waals surface area contributed by atoms with E-state index in [9.17, 15) is 5.11 Å². The van der Waals surface area contributed by atoms with Gasteiger partial charge in [-0.2, -0.15) is 0 Å². The summed E-state index contributed by atoms with van der Waals surface area (Å²) in [5.74, 6) is 0.463. The van der Waals surface area contributed by atoms with E-state index in [1.807, 2.05) is 31.2 Å². The van der Waals surface area contributed by atoms with Crippen LogP contribution in [-0.4, -0.2) is 17.3 Å². The quantitative estimate of drug-likeness (QED) is 0.847. The van der Waals surface area contributed by atoms with Gasteiger partial charge in [-0.25, -0.2) is 0 Å². The molecule has 2 aromatic rings. The van der Waals surface area contributed by atoms with Crippen LogP contribution < -0.4 is 5.32 Å². The lowest BCUT2D eigenvalue weighted by Gasteiger charge is -2.25. The molecule has 0 aliphatic rings. The molecule has 0 aliphatic heterocycles. The lowest BCUT2D eigenvalue weighted by Crippen LogP contribution is -2.38. The third-order valence-electron chi connectivity index (χ3n) is 3.30. The number of fused-ring (bicyclic) bond motifs is 1. The van der Waals surface area contributed by atoms with Crippen molar-refractivity contribution < 1.29 is 9.52 Å².